The lowest BCUT2D eigenvalue weighted by molar-refractivity contribution is -0.0320. The van der Waals surface area contributed by atoms with Crippen molar-refractivity contribution in [2.45, 2.75) is 58.6 Å². The van der Waals surface area contributed by atoms with Gasteiger partial charge in [-0.3, -0.25) is 0 Å². The summed E-state index contributed by atoms with van der Waals surface area (Å²) in [5, 5.41) is 6.86. The molecule has 0 spiro atoms. The topological polar surface area (TPSA) is 54.9 Å². The average molecular weight is 489 g/mol. The number of halogens is 1. The van der Waals surface area contributed by atoms with Crippen molar-refractivity contribution in [2.24, 2.45) is 4.99 Å². The Hall–Kier alpha value is -0.860. The van der Waals surface area contributed by atoms with Crippen LogP contribution in [0.5, 0.6) is 0 Å². The van der Waals surface area contributed by atoms with Crippen LogP contribution in [0.3, 0.4) is 0 Å². The van der Waals surface area contributed by atoms with Gasteiger partial charge in [-0.2, -0.15) is 0 Å². The number of guanidine groups is 1. The standard InChI is InChI=1S/C21H35N3O2.HI/c1-3-4-12-22-21(24-17-19-8-6-18(2)7-9-19)23-13-5-14-26-20-10-15-25-16-11-20;/h6-9,20H,3-5,10-17H2,1-2H3,(H2,22,23,24);1H. The molecular formula is C21H36IN3O2. The number of rotatable bonds is 10. The molecule has 154 valence electrons. The lowest BCUT2D eigenvalue weighted by atomic mass is 10.1. The predicted octanol–water partition coefficient (Wildman–Crippen LogP) is 4.03. The minimum absolute atomic E-state index is 0. The highest BCUT2D eigenvalue weighted by Gasteiger charge is 2.13. The van der Waals surface area contributed by atoms with Gasteiger partial charge in [0.05, 0.1) is 12.6 Å². The van der Waals surface area contributed by atoms with Crippen LogP contribution in [-0.2, 0) is 16.0 Å². The van der Waals surface area contributed by atoms with Crippen LogP contribution >= 0.6 is 24.0 Å². The van der Waals surface area contributed by atoms with E-state index in [1.54, 1.807) is 0 Å². The molecule has 1 aliphatic heterocycles. The van der Waals surface area contributed by atoms with Crippen molar-refractivity contribution in [1.29, 1.82) is 0 Å². The lowest BCUT2D eigenvalue weighted by Crippen LogP contribution is -2.38. The van der Waals surface area contributed by atoms with Gasteiger partial charge in [-0.1, -0.05) is 43.2 Å². The van der Waals surface area contributed by atoms with E-state index in [2.05, 4.69) is 48.7 Å². The molecule has 0 saturated carbocycles. The quantitative estimate of drug-likeness (QED) is 0.226. The van der Waals surface area contributed by atoms with E-state index in [0.29, 0.717) is 12.6 Å². The molecule has 0 bridgehead atoms. The fraction of sp³-hybridized carbons (Fsp3) is 0.667. The van der Waals surface area contributed by atoms with Crippen molar-refractivity contribution < 1.29 is 9.47 Å². The van der Waals surface area contributed by atoms with Crippen LogP contribution in [0.4, 0.5) is 0 Å². The van der Waals surface area contributed by atoms with Gasteiger partial charge in [0.25, 0.3) is 0 Å². The molecule has 2 N–H and O–H groups in total. The summed E-state index contributed by atoms with van der Waals surface area (Å²) >= 11 is 0. The second-order valence-corrected chi connectivity index (χ2v) is 6.89. The molecule has 1 aliphatic rings. The van der Waals surface area contributed by atoms with Crippen LogP contribution in [0.25, 0.3) is 0 Å². The van der Waals surface area contributed by atoms with Crippen LogP contribution in [0.15, 0.2) is 29.3 Å². The van der Waals surface area contributed by atoms with Crippen LogP contribution < -0.4 is 10.6 Å². The van der Waals surface area contributed by atoms with Gasteiger partial charge in [0.15, 0.2) is 5.96 Å². The molecule has 0 aliphatic carbocycles. The van der Waals surface area contributed by atoms with Crippen molar-refractivity contribution in [2.75, 3.05) is 32.9 Å². The number of aryl methyl sites for hydroxylation is 1. The maximum Gasteiger partial charge on any atom is 0.191 e. The molecule has 1 heterocycles. The van der Waals surface area contributed by atoms with Crippen LogP contribution in [-0.4, -0.2) is 45.0 Å². The zero-order chi connectivity index (χ0) is 18.5. The predicted molar refractivity (Wildman–Crippen MR) is 123 cm³/mol. The zero-order valence-electron chi connectivity index (χ0n) is 16.8. The third kappa shape index (κ3) is 10.9. The maximum atomic E-state index is 5.92. The number of unbranched alkanes of at least 4 members (excludes halogenated alkanes) is 1. The number of hydrogen-bond donors (Lipinski definition) is 2. The Morgan fingerprint density at radius 2 is 1.78 bits per heavy atom. The minimum atomic E-state index is 0. The van der Waals surface area contributed by atoms with E-state index >= 15 is 0 Å². The maximum absolute atomic E-state index is 5.92. The molecular weight excluding hydrogens is 453 g/mol. The largest absolute Gasteiger partial charge is 0.381 e. The number of ether oxygens (including phenoxy) is 2. The van der Waals surface area contributed by atoms with Crippen LogP contribution in [0.2, 0.25) is 0 Å². The molecule has 0 aromatic heterocycles. The molecule has 0 atom stereocenters. The zero-order valence-corrected chi connectivity index (χ0v) is 19.2. The molecule has 1 fully saturated rings. The molecule has 27 heavy (non-hydrogen) atoms. The highest BCUT2D eigenvalue weighted by molar-refractivity contribution is 14.0. The van der Waals surface area contributed by atoms with Crippen LogP contribution in [0.1, 0.15) is 50.2 Å². The van der Waals surface area contributed by atoms with Crippen molar-refractivity contribution in [1.82, 2.24) is 10.6 Å². The van der Waals surface area contributed by atoms with E-state index in [9.17, 15) is 0 Å². The van der Waals surface area contributed by atoms with Gasteiger partial charge in [-0.25, -0.2) is 4.99 Å². The molecule has 0 amide bonds. The van der Waals surface area contributed by atoms with Gasteiger partial charge in [0.1, 0.15) is 0 Å². The lowest BCUT2D eigenvalue weighted by Gasteiger charge is -2.22. The Morgan fingerprint density at radius 1 is 1.11 bits per heavy atom. The van der Waals surface area contributed by atoms with Gasteiger partial charge in [-0.15, -0.1) is 24.0 Å². The number of benzene rings is 1. The summed E-state index contributed by atoms with van der Waals surface area (Å²) in [5.41, 5.74) is 2.51. The molecule has 0 radical (unpaired) electrons. The van der Waals surface area contributed by atoms with E-state index in [1.165, 1.54) is 17.5 Å². The van der Waals surface area contributed by atoms with Crippen molar-refractivity contribution in [3.63, 3.8) is 0 Å². The second kappa shape index (κ2) is 15.1. The first-order chi connectivity index (χ1) is 12.8. The molecule has 6 heteroatoms. The first kappa shape index (κ1) is 24.2. The SMILES string of the molecule is CCCCNC(=NCc1ccc(C)cc1)NCCCOC1CCOCC1.I. The molecule has 0 unspecified atom stereocenters. The van der Waals surface area contributed by atoms with Crippen LogP contribution in [0, 0.1) is 6.92 Å². The summed E-state index contributed by atoms with van der Waals surface area (Å²) in [6.45, 7) is 9.28. The Kier molecular flexibility index (Phi) is 13.5. The summed E-state index contributed by atoms with van der Waals surface area (Å²) in [5.74, 6) is 0.894. The Morgan fingerprint density at radius 3 is 2.44 bits per heavy atom. The molecule has 1 aromatic rings. The first-order valence-corrected chi connectivity index (χ1v) is 10.0. The number of nitrogens with zero attached hydrogens (tertiary/aromatic N) is 1. The Labute approximate surface area is 181 Å². The average Bonchev–Trinajstić information content (AvgIpc) is 2.67. The third-order valence-corrected chi connectivity index (χ3v) is 4.50. The Bertz CT molecular complexity index is 517. The number of aliphatic imine (C=N–C) groups is 1. The van der Waals surface area contributed by atoms with E-state index in [1.807, 2.05) is 0 Å². The third-order valence-electron chi connectivity index (χ3n) is 4.50. The number of nitrogens with one attached hydrogen (secondary N) is 2. The first-order valence-electron chi connectivity index (χ1n) is 10.0. The molecule has 1 saturated heterocycles. The fourth-order valence-corrected chi connectivity index (χ4v) is 2.79. The Balaban J connectivity index is 0.00000364. The van der Waals surface area contributed by atoms with E-state index < -0.39 is 0 Å². The number of hydrogen-bond acceptors (Lipinski definition) is 3. The molecule has 2 rings (SSSR count). The highest BCUT2D eigenvalue weighted by Crippen LogP contribution is 2.10. The van der Waals surface area contributed by atoms with Gasteiger partial charge < -0.3 is 20.1 Å². The fourth-order valence-electron chi connectivity index (χ4n) is 2.79. The second-order valence-electron chi connectivity index (χ2n) is 6.89. The minimum Gasteiger partial charge on any atom is -0.381 e. The summed E-state index contributed by atoms with van der Waals surface area (Å²) in [6, 6.07) is 8.56. The molecule has 1 aromatic carbocycles. The van der Waals surface area contributed by atoms with Crippen molar-refractivity contribution in [3.05, 3.63) is 35.4 Å². The van der Waals surface area contributed by atoms with Gasteiger partial charge in [0.2, 0.25) is 0 Å². The normalized spacial score (nSPS) is 15.3. The van der Waals surface area contributed by atoms with Crippen molar-refractivity contribution >= 4 is 29.9 Å². The van der Waals surface area contributed by atoms with Gasteiger partial charge >= 0.3 is 0 Å². The smallest absolute Gasteiger partial charge is 0.191 e. The monoisotopic (exact) mass is 489 g/mol. The summed E-state index contributed by atoms with van der Waals surface area (Å²) < 4.78 is 11.3. The summed E-state index contributed by atoms with van der Waals surface area (Å²) in [6.07, 6.45) is 5.73. The van der Waals surface area contributed by atoms with E-state index in [4.69, 9.17) is 14.5 Å². The summed E-state index contributed by atoms with van der Waals surface area (Å²) in [4.78, 5) is 4.72. The highest BCUT2D eigenvalue weighted by atomic mass is 127. The van der Waals surface area contributed by atoms with Gasteiger partial charge in [0, 0.05) is 32.9 Å². The summed E-state index contributed by atoms with van der Waals surface area (Å²) in [7, 11) is 0. The van der Waals surface area contributed by atoms with E-state index in [-0.39, 0.29) is 24.0 Å². The molecule has 5 nitrogen and oxygen atoms in total. The van der Waals surface area contributed by atoms with Gasteiger partial charge in [-0.05, 0) is 38.2 Å². The van der Waals surface area contributed by atoms with Crippen molar-refractivity contribution in [3.8, 4) is 0 Å². The van der Waals surface area contributed by atoms with E-state index in [0.717, 1.165) is 64.6 Å².